The van der Waals surface area contributed by atoms with E-state index in [1.165, 1.54) is 0 Å². The third kappa shape index (κ3) is 9.41. The number of hydrogen-bond donors (Lipinski definition) is 0. The van der Waals surface area contributed by atoms with Gasteiger partial charge in [0.15, 0.2) is 0 Å². The first-order chi connectivity index (χ1) is 4.92. The zero-order chi connectivity index (χ0) is 8.91. The Hall–Kier alpha value is -0.593. The molecule has 0 N–H and O–H groups in total. The van der Waals surface area contributed by atoms with Gasteiger partial charge < -0.3 is 4.74 Å². The molecule has 2 nitrogen and oxygen atoms in total. The SMILES string of the molecule is O=C(F)OCCC[Si](F)(F)F. The Morgan fingerprint density at radius 2 is 1.91 bits per heavy atom. The Balaban J connectivity index is 3.22. The summed E-state index contributed by atoms with van der Waals surface area (Å²) in [4.78, 5) is 9.41. The van der Waals surface area contributed by atoms with Crippen molar-refractivity contribution < 1.29 is 26.2 Å². The van der Waals surface area contributed by atoms with Crippen LogP contribution in [0.15, 0.2) is 0 Å². The molecule has 0 saturated carbocycles. The first-order valence-electron chi connectivity index (χ1n) is 2.81. The second-order valence-electron chi connectivity index (χ2n) is 1.80. The minimum absolute atomic E-state index is 0.342. The van der Waals surface area contributed by atoms with Gasteiger partial charge in [0.2, 0.25) is 0 Å². The molecule has 0 aromatic heterocycles. The molecule has 0 aromatic carbocycles. The van der Waals surface area contributed by atoms with Gasteiger partial charge in [0.05, 0.1) is 6.61 Å². The van der Waals surface area contributed by atoms with Crippen molar-refractivity contribution in [2.45, 2.75) is 12.5 Å². The van der Waals surface area contributed by atoms with Gasteiger partial charge in [-0.15, -0.1) is 4.39 Å². The summed E-state index contributed by atoms with van der Waals surface area (Å²) in [5.41, 5.74) is 0. The lowest BCUT2D eigenvalue weighted by Crippen LogP contribution is -2.15. The predicted molar refractivity (Wildman–Crippen MR) is 31.0 cm³/mol. The van der Waals surface area contributed by atoms with Crippen LogP contribution in [0.3, 0.4) is 0 Å². The molecule has 66 valence electrons. The predicted octanol–water partition coefficient (Wildman–Crippen LogP) is 2.33. The fourth-order valence-corrected chi connectivity index (χ4v) is 0.970. The number of carbonyl (C=O) groups excluding carboxylic acids is 1. The molecule has 0 bridgehead atoms. The van der Waals surface area contributed by atoms with Gasteiger partial charge in [0.25, 0.3) is 0 Å². The molecule has 0 unspecified atom stereocenters. The minimum atomic E-state index is -5.54. The fraction of sp³-hybridized carbons (Fsp3) is 0.750. The molecule has 0 aliphatic carbocycles. The molecular weight excluding hydrogens is 184 g/mol. The van der Waals surface area contributed by atoms with E-state index in [0.29, 0.717) is 0 Å². The molecule has 0 aromatic rings. The topological polar surface area (TPSA) is 26.3 Å². The van der Waals surface area contributed by atoms with Gasteiger partial charge in [0.1, 0.15) is 0 Å². The lowest BCUT2D eigenvalue weighted by atomic mass is 10.5. The van der Waals surface area contributed by atoms with Gasteiger partial charge in [-0.1, -0.05) is 0 Å². The maximum absolute atomic E-state index is 11.5. The van der Waals surface area contributed by atoms with Crippen LogP contribution >= 0.6 is 0 Å². The van der Waals surface area contributed by atoms with Crippen LogP contribution in [0, 0.1) is 0 Å². The monoisotopic (exact) mass is 190 g/mol. The zero-order valence-corrected chi connectivity index (χ0v) is 6.45. The normalized spacial score (nSPS) is 11.3. The maximum atomic E-state index is 11.5. The lowest BCUT2D eigenvalue weighted by molar-refractivity contribution is 0.120. The third-order valence-electron chi connectivity index (χ3n) is 0.820. The quantitative estimate of drug-likeness (QED) is 0.223. The van der Waals surface area contributed by atoms with Crippen LogP contribution in [-0.2, 0) is 4.74 Å². The molecular formula is C4H6F4O2Si. The van der Waals surface area contributed by atoms with Crippen molar-refractivity contribution in [3.63, 3.8) is 0 Å². The first-order valence-corrected chi connectivity index (χ1v) is 4.65. The van der Waals surface area contributed by atoms with Crippen LogP contribution in [0.4, 0.5) is 21.5 Å². The van der Waals surface area contributed by atoms with Crippen molar-refractivity contribution in [2.24, 2.45) is 0 Å². The average Bonchev–Trinajstić information content (AvgIpc) is 1.78. The standard InChI is InChI=1S/C4H6F4O2Si/c5-4(9)10-2-1-3-11(6,7)8/h1-3H2. The van der Waals surface area contributed by atoms with E-state index >= 15 is 0 Å². The highest BCUT2D eigenvalue weighted by molar-refractivity contribution is 6.58. The van der Waals surface area contributed by atoms with E-state index in [4.69, 9.17) is 0 Å². The number of hydrogen-bond acceptors (Lipinski definition) is 2. The lowest BCUT2D eigenvalue weighted by Gasteiger charge is -2.00. The summed E-state index contributed by atoms with van der Waals surface area (Å²) in [7, 11) is -5.54. The Morgan fingerprint density at radius 3 is 2.27 bits per heavy atom. The highest BCUT2D eigenvalue weighted by Gasteiger charge is 2.35. The van der Waals surface area contributed by atoms with Gasteiger partial charge in [0, 0.05) is 6.04 Å². The van der Waals surface area contributed by atoms with Crippen LogP contribution in [0.2, 0.25) is 6.04 Å². The van der Waals surface area contributed by atoms with Crippen LogP contribution in [-0.4, -0.2) is 21.9 Å². The summed E-state index contributed by atoms with van der Waals surface area (Å²) in [5.74, 6) is 0. The highest BCUT2D eigenvalue weighted by atomic mass is 28.5. The Labute approximate surface area is 61.7 Å². The van der Waals surface area contributed by atoms with Crippen LogP contribution in [0.25, 0.3) is 0 Å². The Morgan fingerprint density at radius 1 is 1.36 bits per heavy atom. The molecule has 7 heteroatoms. The largest absolute Gasteiger partial charge is 0.616 e. The molecule has 0 heterocycles. The number of carbonyl (C=O) groups is 1. The Bertz CT molecular complexity index is 135. The minimum Gasteiger partial charge on any atom is -0.440 e. The molecule has 0 radical (unpaired) electrons. The van der Waals surface area contributed by atoms with Crippen LogP contribution < -0.4 is 0 Å². The molecule has 0 fully saturated rings. The van der Waals surface area contributed by atoms with Gasteiger partial charge in [-0.05, 0) is 6.42 Å². The highest BCUT2D eigenvalue weighted by Crippen LogP contribution is 2.16. The van der Waals surface area contributed by atoms with E-state index in [9.17, 15) is 21.5 Å². The van der Waals surface area contributed by atoms with Gasteiger partial charge >= 0.3 is 15.3 Å². The second kappa shape index (κ2) is 4.32. The molecule has 0 atom stereocenters. The van der Waals surface area contributed by atoms with E-state index in [2.05, 4.69) is 4.74 Å². The molecule has 0 spiro atoms. The van der Waals surface area contributed by atoms with Crippen LogP contribution in [0.1, 0.15) is 6.42 Å². The summed E-state index contributed by atoms with van der Waals surface area (Å²) >= 11 is 0. The average molecular weight is 190 g/mol. The smallest absolute Gasteiger partial charge is 0.440 e. The first kappa shape index (κ1) is 10.4. The summed E-state index contributed by atoms with van der Waals surface area (Å²) < 4.78 is 49.3. The van der Waals surface area contributed by atoms with Crippen molar-refractivity contribution in [3.8, 4) is 0 Å². The van der Waals surface area contributed by atoms with E-state index in [0.717, 1.165) is 0 Å². The fourth-order valence-electron chi connectivity index (χ4n) is 0.425. The molecule has 0 saturated heterocycles. The van der Waals surface area contributed by atoms with Gasteiger partial charge in [-0.3, -0.25) is 0 Å². The number of ether oxygens (including phenoxy) is 1. The summed E-state index contributed by atoms with van der Waals surface area (Å²) in [6, 6.07) is -0.930. The molecule has 11 heavy (non-hydrogen) atoms. The van der Waals surface area contributed by atoms with Crippen molar-refractivity contribution in [3.05, 3.63) is 0 Å². The van der Waals surface area contributed by atoms with E-state index in [-0.39, 0.29) is 6.42 Å². The zero-order valence-electron chi connectivity index (χ0n) is 5.45. The van der Waals surface area contributed by atoms with Gasteiger partial charge in [-0.25, -0.2) is 17.1 Å². The van der Waals surface area contributed by atoms with Crippen LogP contribution in [0.5, 0.6) is 0 Å². The molecule has 0 rings (SSSR count). The third-order valence-corrected chi connectivity index (χ3v) is 1.74. The molecule has 0 amide bonds. The van der Waals surface area contributed by atoms with Crippen molar-refractivity contribution in [1.29, 1.82) is 0 Å². The second-order valence-corrected chi connectivity index (χ2v) is 3.54. The summed E-state index contributed by atoms with van der Waals surface area (Å²) in [6.07, 6.45) is -2.38. The molecule has 0 aliphatic heterocycles. The number of halogens is 4. The van der Waals surface area contributed by atoms with E-state index in [1.54, 1.807) is 0 Å². The van der Waals surface area contributed by atoms with Crippen molar-refractivity contribution >= 4 is 15.3 Å². The van der Waals surface area contributed by atoms with E-state index in [1.807, 2.05) is 0 Å². The van der Waals surface area contributed by atoms with E-state index < -0.39 is 27.9 Å². The molecule has 0 aliphatic rings. The van der Waals surface area contributed by atoms with Crippen molar-refractivity contribution in [1.82, 2.24) is 0 Å². The Kier molecular flexibility index (Phi) is 4.09. The van der Waals surface area contributed by atoms with Gasteiger partial charge in [-0.2, -0.15) is 0 Å². The maximum Gasteiger partial charge on any atom is 0.616 e. The number of rotatable bonds is 4. The summed E-state index contributed by atoms with van der Waals surface area (Å²) in [5, 5.41) is 0. The van der Waals surface area contributed by atoms with Crippen molar-refractivity contribution in [2.75, 3.05) is 6.61 Å². The summed E-state index contributed by atoms with van der Waals surface area (Å²) in [6.45, 7) is -0.498.